The molecule has 0 saturated heterocycles. The maximum Gasteiger partial charge on any atom is 0.250 e. The monoisotopic (exact) mass is 485 g/mol. The molecule has 178 valence electrons. The zero-order chi connectivity index (χ0) is 24.2. The highest BCUT2D eigenvalue weighted by Gasteiger charge is 2.39. The number of benzene rings is 2. The molecule has 0 saturated carbocycles. The molecule has 1 heterocycles. The van der Waals surface area contributed by atoms with Crippen molar-refractivity contribution in [3.63, 3.8) is 0 Å². The Hall–Kier alpha value is -2.35. The fraction of sp³-hybridized carbons (Fsp3) is 0.423. The summed E-state index contributed by atoms with van der Waals surface area (Å²) in [5.74, 6) is 2.23. The number of thiazole rings is 1. The summed E-state index contributed by atoms with van der Waals surface area (Å²) in [6, 6.07) is 11.9. The number of rotatable bonds is 9. The highest BCUT2D eigenvalue weighted by molar-refractivity contribution is 7.13. The Labute approximate surface area is 202 Å². The summed E-state index contributed by atoms with van der Waals surface area (Å²) in [4.78, 5) is 4.85. The number of hydrogen-bond acceptors (Lipinski definition) is 6. The van der Waals surface area contributed by atoms with Gasteiger partial charge in [0.05, 0.1) is 25.5 Å². The largest absolute Gasteiger partial charge is 0.543 e. The summed E-state index contributed by atoms with van der Waals surface area (Å²) in [6.07, 6.45) is 0. The Balaban J connectivity index is 1.89. The van der Waals surface area contributed by atoms with Crippen LogP contribution in [0.2, 0.25) is 18.1 Å². The van der Waals surface area contributed by atoms with Crippen molar-refractivity contribution in [2.75, 3.05) is 13.2 Å². The first-order chi connectivity index (χ1) is 15.6. The molecule has 1 aromatic heterocycles. The van der Waals surface area contributed by atoms with Gasteiger partial charge in [0.15, 0.2) is 11.5 Å². The molecule has 0 atom stereocenters. The summed E-state index contributed by atoms with van der Waals surface area (Å²) in [5, 5.41) is 13.0. The summed E-state index contributed by atoms with van der Waals surface area (Å²) in [5.41, 5.74) is 3.60. The van der Waals surface area contributed by atoms with E-state index in [9.17, 15) is 5.11 Å². The lowest BCUT2D eigenvalue weighted by atomic mass is 10.1. The van der Waals surface area contributed by atoms with Crippen LogP contribution in [0.15, 0.2) is 41.8 Å². The maximum atomic E-state index is 10.0. The number of hydrogen-bond donors (Lipinski definition) is 1. The number of aliphatic hydroxyl groups excluding tert-OH is 1. The molecule has 3 aromatic rings. The highest BCUT2D eigenvalue weighted by Crippen LogP contribution is 2.40. The molecule has 0 aliphatic heterocycles. The van der Waals surface area contributed by atoms with Crippen molar-refractivity contribution in [2.24, 2.45) is 0 Å². The van der Waals surface area contributed by atoms with Crippen molar-refractivity contribution in [1.29, 1.82) is 0 Å². The number of aliphatic hydroxyl groups is 1. The number of aromatic nitrogens is 1. The van der Waals surface area contributed by atoms with E-state index in [1.807, 2.05) is 55.6 Å². The molecule has 0 aliphatic rings. The van der Waals surface area contributed by atoms with Crippen LogP contribution in [-0.2, 0) is 6.61 Å². The van der Waals surface area contributed by atoms with Crippen LogP contribution in [0.4, 0.5) is 0 Å². The third kappa shape index (κ3) is 5.77. The van der Waals surface area contributed by atoms with Crippen LogP contribution in [0.5, 0.6) is 17.2 Å². The van der Waals surface area contributed by atoms with Crippen molar-refractivity contribution in [1.82, 2.24) is 4.98 Å². The van der Waals surface area contributed by atoms with Gasteiger partial charge in [0.2, 0.25) is 8.32 Å². The first kappa shape index (κ1) is 25.3. The molecule has 0 unspecified atom stereocenters. The lowest BCUT2D eigenvalue weighted by molar-refractivity contribution is 0.277. The first-order valence-electron chi connectivity index (χ1n) is 11.4. The van der Waals surface area contributed by atoms with E-state index >= 15 is 0 Å². The molecular formula is C26H35NO4SSi. The molecule has 5 nitrogen and oxygen atoms in total. The second-order valence-electron chi connectivity index (χ2n) is 9.41. The topological polar surface area (TPSA) is 60.8 Å². The van der Waals surface area contributed by atoms with Gasteiger partial charge in [-0.15, -0.1) is 11.3 Å². The SMILES string of the molecule is CCOc1ccc(-c2nc(-c3ccc(O[Si](C)(C)C(C)(C)C)c(CO)c3)cs2)cc1OCC. The van der Waals surface area contributed by atoms with Gasteiger partial charge in [-0.05, 0) is 68.4 Å². The van der Waals surface area contributed by atoms with Crippen LogP contribution in [0.25, 0.3) is 21.8 Å². The minimum Gasteiger partial charge on any atom is -0.543 e. The molecule has 7 heteroatoms. The second-order valence-corrected chi connectivity index (χ2v) is 15.0. The predicted octanol–water partition coefficient (Wildman–Crippen LogP) is 7.15. The van der Waals surface area contributed by atoms with Crippen molar-refractivity contribution in [3.05, 3.63) is 47.3 Å². The normalized spacial score (nSPS) is 12.0. The van der Waals surface area contributed by atoms with E-state index in [1.54, 1.807) is 11.3 Å². The summed E-state index contributed by atoms with van der Waals surface area (Å²) >= 11 is 1.58. The average Bonchev–Trinajstić information content (AvgIpc) is 3.25. The van der Waals surface area contributed by atoms with Crippen molar-refractivity contribution in [3.8, 4) is 39.1 Å². The third-order valence-electron chi connectivity index (χ3n) is 5.99. The Morgan fingerprint density at radius 3 is 2.18 bits per heavy atom. The summed E-state index contributed by atoms with van der Waals surface area (Å²) in [6.45, 7) is 16.0. The van der Waals surface area contributed by atoms with Gasteiger partial charge in [-0.3, -0.25) is 0 Å². The van der Waals surface area contributed by atoms with Gasteiger partial charge in [0.1, 0.15) is 10.8 Å². The zero-order valence-corrected chi connectivity index (χ0v) is 22.5. The van der Waals surface area contributed by atoms with Crippen LogP contribution >= 0.6 is 11.3 Å². The average molecular weight is 486 g/mol. The minimum absolute atomic E-state index is 0.0780. The zero-order valence-electron chi connectivity index (χ0n) is 20.7. The van der Waals surface area contributed by atoms with Gasteiger partial charge in [-0.2, -0.15) is 0 Å². The van der Waals surface area contributed by atoms with Crippen LogP contribution in [0, 0.1) is 0 Å². The lowest BCUT2D eigenvalue weighted by Crippen LogP contribution is -2.44. The first-order valence-corrected chi connectivity index (χ1v) is 15.2. The van der Waals surface area contributed by atoms with Gasteiger partial charge in [0.25, 0.3) is 0 Å². The molecule has 3 rings (SSSR count). The molecule has 0 fully saturated rings. The molecule has 0 bridgehead atoms. The van der Waals surface area contributed by atoms with E-state index < -0.39 is 8.32 Å². The van der Waals surface area contributed by atoms with E-state index in [-0.39, 0.29) is 11.6 Å². The quantitative estimate of drug-likeness (QED) is 0.326. The Kier molecular flexibility index (Phi) is 7.87. The molecule has 2 aromatic carbocycles. The highest BCUT2D eigenvalue weighted by atomic mass is 32.1. The summed E-state index contributed by atoms with van der Waals surface area (Å²) < 4.78 is 17.9. The van der Waals surface area contributed by atoms with Gasteiger partial charge in [0, 0.05) is 22.1 Å². The van der Waals surface area contributed by atoms with E-state index in [0.717, 1.165) is 44.6 Å². The van der Waals surface area contributed by atoms with Crippen molar-refractivity contribution < 1.29 is 19.0 Å². The van der Waals surface area contributed by atoms with Gasteiger partial charge in [-0.1, -0.05) is 20.8 Å². The molecule has 33 heavy (non-hydrogen) atoms. The fourth-order valence-electron chi connectivity index (χ4n) is 3.11. The maximum absolute atomic E-state index is 10.0. The molecule has 0 spiro atoms. The molecule has 0 aliphatic carbocycles. The van der Waals surface area contributed by atoms with Crippen molar-refractivity contribution >= 4 is 19.7 Å². The smallest absolute Gasteiger partial charge is 0.250 e. The minimum atomic E-state index is -2.00. The molecule has 0 radical (unpaired) electrons. The van der Waals surface area contributed by atoms with Gasteiger partial charge in [-0.25, -0.2) is 4.98 Å². The third-order valence-corrected chi connectivity index (χ3v) is 11.2. The fourth-order valence-corrected chi connectivity index (χ4v) is 4.99. The Morgan fingerprint density at radius 2 is 1.55 bits per heavy atom. The summed E-state index contributed by atoms with van der Waals surface area (Å²) in [7, 11) is -2.00. The van der Waals surface area contributed by atoms with E-state index in [1.165, 1.54) is 0 Å². The van der Waals surface area contributed by atoms with Crippen LogP contribution < -0.4 is 13.9 Å². The number of nitrogens with zero attached hydrogens (tertiary/aromatic N) is 1. The Bertz CT molecular complexity index is 1090. The van der Waals surface area contributed by atoms with Crippen LogP contribution in [0.3, 0.4) is 0 Å². The van der Waals surface area contributed by atoms with E-state index in [2.05, 4.69) is 33.9 Å². The van der Waals surface area contributed by atoms with Gasteiger partial charge >= 0.3 is 0 Å². The molecule has 0 amide bonds. The predicted molar refractivity (Wildman–Crippen MR) is 139 cm³/mol. The van der Waals surface area contributed by atoms with E-state index in [4.69, 9.17) is 18.9 Å². The second kappa shape index (κ2) is 10.3. The molecular weight excluding hydrogens is 450 g/mol. The number of ether oxygens (including phenoxy) is 2. The Morgan fingerprint density at radius 1 is 0.909 bits per heavy atom. The van der Waals surface area contributed by atoms with Crippen LogP contribution in [0.1, 0.15) is 40.2 Å². The van der Waals surface area contributed by atoms with Crippen LogP contribution in [-0.4, -0.2) is 31.6 Å². The van der Waals surface area contributed by atoms with Gasteiger partial charge < -0.3 is 19.0 Å². The van der Waals surface area contributed by atoms with Crippen molar-refractivity contribution in [2.45, 2.75) is 59.4 Å². The van der Waals surface area contributed by atoms with E-state index in [0.29, 0.717) is 13.2 Å². The standard InChI is InChI=1S/C26H35NO4SSi/c1-8-29-23-13-11-19(15-24(23)30-9-2)25-27-21(17-32-25)18-10-12-22(20(14-18)16-28)31-33(6,7)26(3,4)5/h10-15,17,28H,8-9,16H2,1-7H3. The lowest BCUT2D eigenvalue weighted by Gasteiger charge is -2.37. The molecule has 1 N–H and O–H groups in total.